The summed E-state index contributed by atoms with van der Waals surface area (Å²) in [5, 5.41) is 5.37. The Morgan fingerprint density at radius 2 is 1.74 bits per heavy atom. The Hall–Kier alpha value is -4.55. The molecule has 1 aliphatic rings. The summed E-state index contributed by atoms with van der Waals surface area (Å²) in [7, 11) is 1.31. The number of carbonyl (C=O) groups excluding carboxylic acids is 4. The number of amides is 3. The molecule has 12 nitrogen and oxygen atoms in total. The molecule has 0 aliphatic carbocycles. The summed E-state index contributed by atoms with van der Waals surface area (Å²) in [5.74, 6) is -1.68. The van der Waals surface area contributed by atoms with E-state index in [9.17, 15) is 19.2 Å². The average Bonchev–Trinajstić information content (AvgIpc) is 3.67. The van der Waals surface area contributed by atoms with Crippen LogP contribution in [-0.2, 0) is 35.3 Å². The van der Waals surface area contributed by atoms with Gasteiger partial charge in [-0.15, -0.1) is 0 Å². The van der Waals surface area contributed by atoms with Gasteiger partial charge in [-0.25, -0.2) is 9.78 Å². The molecule has 1 fully saturated rings. The number of esters is 1. The monoisotopic (exact) mass is 590 g/mol. The van der Waals surface area contributed by atoms with E-state index in [1.165, 1.54) is 38.4 Å². The van der Waals surface area contributed by atoms with Crippen LogP contribution >= 0.6 is 0 Å². The number of carbonyl (C=O) groups is 4. The summed E-state index contributed by atoms with van der Waals surface area (Å²) in [6.07, 6.45) is 4.17. The Morgan fingerprint density at radius 1 is 1.07 bits per heavy atom. The highest BCUT2D eigenvalue weighted by molar-refractivity contribution is 5.98. The van der Waals surface area contributed by atoms with E-state index >= 15 is 0 Å². The fraction of sp³-hybridized carbons (Fsp3) is 0.387. The van der Waals surface area contributed by atoms with Gasteiger partial charge in [-0.2, -0.15) is 0 Å². The van der Waals surface area contributed by atoms with Crippen LogP contribution in [0.1, 0.15) is 43.9 Å². The second-order valence-corrected chi connectivity index (χ2v) is 11.0. The van der Waals surface area contributed by atoms with Gasteiger partial charge >= 0.3 is 5.97 Å². The number of rotatable bonds is 12. The predicted octanol–water partition coefficient (Wildman–Crippen LogP) is 2.01. The molecule has 0 bridgehead atoms. The van der Waals surface area contributed by atoms with Crippen LogP contribution in [0.5, 0.6) is 0 Å². The number of hydrogen-bond donors (Lipinski definition) is 3. The van der Waals surface area contributed by atoms with E-state index in [-0.39, 0.29) is 24.9 Å². The topological polar surface area (TPSA) is 158 Å². The number of benzene rings is 2. The third kappa shape index (κ3) is 8.05. The van der Waals surface area contributed by atoms with Gasteiger partial charge in [0.1, 0.15) is 18.1 Å². The molecule has 2 aromatic carbocycles. The molecule has 3 atom stereocenters. The lowest BCUT2D eigenvalue weighted by molar-refractivity contribution is -0.151. The molecule has 2 heterocycles. The molecular formula is C31H38N6O6. The number of likely N-dealkylation sites (tertiary alicyclic amines) is 1. The molecule has 1 aromatic heterocycles. The van der Waals surface area contributed by atoms with Crippen LogP contribution < -0.4 is 16.4 Å². The fourth-order valence-electron chi connectivity index (χ4n) is 4.80. The van der Waals surface area contributed by atoms with Crippen molar-refractivity contribution in [1.29, 1.82) is 0 Å². The van der Waals surface area contributed by atoms with Gasteiger partial charge in [0.15, 0.2) is 5.82 Å². The number of imidazole rings is 1. The van der Waals surface area contributed by atoms with E-state index in [2.05, 4.69) is 15.6 Å². The minimum atomic E-state index is -1.22. The second kappa shape index (κ2) is 14.1. The van der Waals surface area contributed by atoms with Crippen LogP contribution in [0.15, 0.2) is 73.2 Å². The normalized spacial score (nSPS) is 16.3. The van der Waals surface area contributed by atoms with Gasteiger partial charge in [0.25, 0.3) is 11.8 Å². The molecule has 1 saturated heterocycles. The minimum absolute atomic E-state index is 0.113. The van der Waals surface area contributed by atoms with Crippen molar-refractivity contribution in [3.8, 4) is 0 Å². The summed E-state index contributed by atoms with van der Waals surface area (Å²) >= 11 is 0. The minimum Gasteiger partial charge on any atom is -0.467 e. The Kier molecular flexibility index (Phi) is 10.3. The molecule has 0 saturated carbocycles. The molecule has 1 aliphatic heterocycles. The smallest absolute Gasteiger partial charge is 0.328 e. The van der Waals surface area contributed by atoms with Gasteiger partial charge in [-0.1, -0.05) is 60.7 Å². The van der Waals surface area contributed by atoms with Crippen LogP contribution in [0.4, 0.5) is 5.82 Å². The average molecular weight is 591 g/mol. The lowest BCUT2D eigenvalue weighted by atomic mass is 10.0. The highest BCUT2D eigenvalue weighted by atomic mass is 16.5. The Labute approximate surface area is 250 Å². The zero-order valence-electron chi connectivity index (χ0n) is 24.6. The molecule has 3 amide bonds. The van der Waals surface area contributed by atoms with Crippen molar-refractivity contribution in [3.63, 3.8) is 0 Å². The maximum absolute atomic E-state index is 13.9. The first-order chi connectivity index (χ1) is 20.6. The highest BCUT2D eigenvalue weighted by Gasteiger charge is 2.39. The number of ether oxygens (including phenoxy) is 2. The van der Waals surface area contributed by atoms with Crippen molar-refractivity contribution in [1.82, 2.24) is 19.8 Å². The zero-order chi connectivity index (χ0) is 31.0. The van der Waals surface area contributed by atoms with Gasteiger partial charge in [-0.3, -0.25) is 14.4 Å². The summed E-state index contributed by atoms with van der Waals surface area (Å²) in [4.78, 5) is 58.1. The zero-order valence-corrected chi connectivity index (χ0v) is 24.6. The van der Waals surface area contributed by atoms with E-state index in [0.717, 1.165) is 5.56 Å². The molecule has 4 rings (SSSR count). The van der Waals surface area contributed by atoms with E-state index in [1.807, 2.05) is 60.7 Å². The van der Waals surface area contributed by atoms with Crippen LogP contribution in [-0.4, -0.2) is 76.0 Å². The van der Waals surface area contributed by atoms with Crippen molar-refractivity contribution < 1.29 is 28.7 Å². The van der Waals surface area contributed by atoms with Crippen molar-refractivity contribution in [2.24, 2.45) is 5.73 Å². The molecule has 3 aromatic rings. The molecule has 12 heteroatoms. The maximum Gasteiger partial charge on any atom is 0.328 e. The van der Waals surface area contributed by atoms with E-state index in [1.54, 1.807) is 4.57 Å². The number of anilines is 1. The maximum atomic E-state index is 13.9. The molecule has 0 radical (unpaired) electrons. The van der Waals surface area contributed by atoms with Crippen LogP contribution in [0.25, 0.3) is 0 Å². The third-order valence-electron chi connectivity index (χ3n) is 7.11. The van der Waals surface area contributed by atoms with Gasteiger partial charge in [0.05, 0.1) is 32.2 Å². The molecule has 1 unspecified atom stereocenters. The summed E-state index contributed by atoms with van der Waals surface area (Å²) in [5.41, 5.74) is 6.32. The molecule has 228 valence electrons. The van der Waals surface area contributed by atoms with Crippen molar-refractivity contribution in [2.45, 2.75) is 57.0 Å². The second-order valence-electron chi connectivity index (χ2n) is 11.0. The summed E-state index contributed by atoms with van der Waals surface area (Å²) in [6, 6.07) is 16.0. The van der Waals surface area contributed by atoms with Gasteiger partial charge in [0.2, 0.25) is 5.91 Å². The standard InChI is InChI=1S/C31H38N6O6/c1-31(2,32)30(41)34-23(19-43-18-21-11-6-4-7-12-21)27(38)35-25-17-36(20-33-25)26(22-13-8-5-9-14-22)28(39)37-16-10-15-24(37)29(40)42-3/h4-9,11-14,17,20,23-24,26H,10,15-16,18-19,32H2,1-3H3,(H,34,41)(H,35,38)/t23-,24+,26?/m1/s1. The van der Waals surface area contributed by atoms with E-state index in [4.69, 9.17) is 15.2 Å². The Balaban J connectivity index is 1.53. The number of methoxy groups -OCH3 is 1. The van der Waals surface area contributed by atoms with Crippen molar-refractivity contribution in [2.75, 3.05) is 25.6 Å². The number of nitrogens with zero attached hydrogens (tertiary/aromatic N) is 3. The number of aromatic nitrogens is 2. The first kappa shape index (κ1) is 31.4. The number of hydrogen-bond acceptors (Lipinski definition) is 8. The van der Waals surface area contributed by atoms with E-state index < -0.39 is 41.4 Å². The molecular weight excluding hydrogens is 552 g/mol. The Bertz CT molecular complexity index is 1400. The van der Waals surface area contributed by atoms with Gasteiger partial charge in [-0.05, 0) is 37.8 Å². The van der Waals surface area contributed by atoms with Crippen molar-refractivity contribution in [3.05, 3.63) is 84.3 Å². The quantitative estimate of drug-likeness (QED) is 0.270. The first-order valence-corrected chi connectivity index (χ1v) is 14.1. The molecule has 4 N–H and O–H groups in total. The summed E-state index contributed by atoms with van der Waals surface area (Å²) < 4.78 is 12.3. The lowest BCUT2D eigenvalue weighted by Crippen LogP contribution is -2.56. The largest absolute Gasteiger partial charge is 0.467 e. The SMILES string of the molecule is COC(=O)[C@@H]1CCCN1C(=O)C(c1ccccc1)n1cnc(NC(=O)[C@@H](COCc2ccccc2)NC(=O)C(C)(C)N)c1. The van der Waals surface area contributed by atoms with Gasteiger partial charge < -0.3 is 35.3 Å². The highest BCUT2D eigenvalue weighted by Crippen LogP contribution is 2.28. The van der Waals surface area contributed by atoms with Crippen LogP contribution in [0, 0.1) is 0 Å². The van der Waals surface area contributed by atoms with Crippen LogP contribution in [0.3, 0.4) is 0 Å². The number of nitrogens with one attached hydrogen (secondary N) is 2. The fourth-order valence-corrected chi connectivity index (χ4v) is 4.80. The van der Waals surface area contributed by atoms with Gasteiger partial charge in [0, 0.05) is 12.7 Å². The molecule has 0 spiro atoms. The van der Waals surface area contributed by atoms with Crippen molar-refractivity contribution >= 4 is 29.5 Å². The lowest BCUT2D eigenvalue weighted by Gasteiger charge is -2.28. The first-order valence-electron chi connectivity index (χ1n) is 14.1. The predicted molar refractivity (Wildman–Crippen MR) is 158 cm³/mol. The van der Waals surface area contributed by atoms with E-state index in [0.29, 0.717) is 24.9 Å². The van der Waals surface area contributed by atoms with Crippen LogP contribution in [0.2, 0.25) is 0 Å². The number of nitrogens with two attached hydrogens (primary N) is 1. The third-order valence-corrected chi connectivity index (χ3v) is 7.11. The molecule has 43 heavy (non-hydrogen) atoms. The summed E-state index contributed by atoms with van der Waals surface area (Å²) in [6.45, 7) is 3.62. The Morgan fingerprint density at radius 3 is 2.40 bits per heavy atom.